The maximum absolute atomic E-state index is 12.0. The normalized spacial score (nSPS) is 11.3. The van der Waals surface area contributed by atoms with E-state index in [9.17, 15) is 14.4 Å². The summed E-state index contributed by atoms with van der Waals surface area (Å²) >= 11 is 5.96. The molecule has 3 N–H and O–H groups in total. The van der Waals surface area contributed by atoms with Crippen molar-refractivity contribution in [2.75, 3.05) is 5.32 Å². The molecule has 0 aliphatic rings. The van der Waals surface area contributed by atoms with E-state index in [0.29, 0.717) is 16.5 Å². The summed E-state index contributed by atoms with van der Waals surface area (Å²) in [6.45, 7) is 3.63. The number of carbonyl (C=O) groups excluding carboxylic acids is 3. The number of carbonyl (C=O) groups is 3. The highest BCUT2D eigenvalue weighted by Crippen LogP contribution is 2.20. The van der Waals surface area contributed by atoms with Crippen LogP contribution >= 0.6 is 11.6 Å². The lowest BCUT2D eigenvalue weighted by atomic mass is 10.2. The highest BCUT2D eigenvalue weighted by atomic mass is 35.5. The van der Waals surface area contributed by atoms with Crippen LogP contribution < -0.4 is 20.9 Å². The van der Waals surface area contributed by atoms with Crippen molar-refractivity contribution in [2.45, 2.75) is 39.2 Å². The van der Waals surface area contributed by atoms with Gasteiger partial charge in [0.1, 0.15) is 5.75 Å². The van der Waals surface area contributed by atoms with Gasteiger partial charge in [-0.1, -0.05) is 42.8 Å². The first kappa shape index (κ1) is 22.2. The molecule has 0 bridgehead atoms. The van der Waals surface area contributed by atoms with E-state index in [4.69, 9.17) is 16.3 Å². The number of para-hydroxylation sites is 1. The number of anilines is 1. The van der Waals surface area contributed by atoms with Crippen LogP contribution in [-0.4, -0.2) is 23.8 Å². The van der Waals surface area contributed by atoms with Gasteiger partial charge in [-0.15, -0.1) is 0 Å². The highest BCUT2D eigenvalue weighted by molar-refractivity contribution is 6.33. The van der Waals surface area contributed by atoms with Crippen molar-refractivity contribution >= 4 is 35.0 Å². The molecule has 0 aromatic heterocycles. The summed E-state index contributed by atoms with van der Waals surface area (Å²) in [7, 11) is 0. The molecule has 2 rings (SSSR count). The van der Waals surface area contributed by atoms with E-state index >= 15 is 0 Å². The van der Waals surface area contributed by atoms with E-state index in [0.717, 1.165) is 6.42 Å². The molecule has 1 atom stereocenters. The number of benzene rings is 2. The average Bonchev–Trinajstić information content (AvgIpc) is 2.72. The van der Waals surface area contributed by atoms with E-state index in [2.05, 4.69) is 23.1 Å². The predicted octanol–water partition coefficient (Wildman–Crippen LogP) is 3.24. The van der Waals surface area contributed by atoms with E-state index in [1.165, 1.54) is 5.56 Å². The van der Waals surface area contributed by atoms with Gasteiger partial charge in [-0.05, 0) is 43.2 Å². The topological polar surface area (TPSA) is 96.5 Å². The second-order valence-electron chi connectivity index (χ2n) is 6.32. The smallest absolute Gasteiger partial charge is 0.279 e. The molecular weight excluding hydrogens is 394 g/mol. The van der Waals surface area contributed by atoms with Gasteiger partial charge in [-0.2, -0.15) is 0 Å². The van der Waals surface area contributed by atoms with Crippen LogP contribution in [0.4, 0.5) is 5.69 Å². The monoisotopic (exact) mass is 417 g/mol. The Labute approximate surface area is 174 Å². The van der Waals surface area contributed by atoms with Crippen LogP contribution in [0.5, 0.6) is 5.75 Å². The third kappa shape index (κ3) is 7.46. The molecule has 0 fully saturated rings. The van der Waals surface area contributed by atoms with Crippen molar-refractivity contribution in [2.24, 2.45) is 0 Å². The molecule has 154 valence electrons. The van der Waals surface area contributed by atoms with E-state index in [1.807, 2.05) is 12.1 Å². The first-order chi connectivity index (χ1) is 13.9. The molecule has 8 heteroatoms. The molecule has 2 aromatic rings. The van der Waals surface area contributed by atoms with E-state index in [-0.39, 0.29) is 18.7 Å². The van der Waals surface area contributed by atoms with Crippen molar-refractivity contribution < 1.29 is 19.1 Å². The Morgan fingerprint density at radius 1 is 0.966 bits per heavy atom. The fourth-order valence-electron chi connectivity index (χ4n) is 2.36. The summed E-state index contributed by atoms with van der Waals surface area (Å²) in [5, 5.41) is 3.04. The van der Waals surface area contributed by atoms with Crippen LogP contribution in [0, 0.1) is 0 Å². The predicted molar refractivity (Wildman–Crippen MR) is 112 cm³/mol. The zero-order valence-electron chi connectivity index (χ0n) is 16.3. The number of ether oxygens (including phenoxy) is 1. The lowest BCUT2D eigenvalue weighted by molar-refractivity contribution is -0.133. The van der Waals surface area contributed by atoms with Crippen molar-refractivity contribution in [1.82, 2.24) is 10.9 Å². The molecule has 0 heterocycles. The summed E-state index contributed by atoms with van der Waals surface area (Å²) < 4.78 is 5.54. The van der Waals surface area contributed by atoms with Gasteiger partial charge >= 0.3 is 0 Å². The maximum Gasteiger partial charge on any atom is 0.279 e. The van der Waals surface area contributed by atoms with Gasteiger partial charge in [0.2, 0.25) is 11.8 Å². The van der Waals surface area contributed by atoms with Crippen molar-refractivity contribution in [3.05, 3.63) is 59.1 Å². The van der Waals surface area contributed by atoms with Crippen LogP contribution in [0.25, 0.3) is 0 Å². The number of amides is 3. The molecule has 0 aliphatic carbocycles. The Bertz CT molecular complexity index is 855. The molecule has 0 saturated carbocycles. The Morgan fingerprint density at radius 3 is 2.28 bits per heavy atom. The van der Waals surface area contributed by atoms with Crippen LogP contribution in [0.15, 0.2) is 48.5 Å². The van der Waals surface area contributed by atoms with Crippen molar-refractivity contribution in [1.29, 1.82) is 0 Å². The number of halogens is 1. The molecule has 3 amide bonds. The van der Waals surface area contributed by atoms with Crippen molar-refractivity contribution in [3.63, 3.8) is 0 Å². The minimum Gasteiger partial charge on any atom is -0.481 e. The minimum absolute atomic E-state index is 0.0528. The highest BCUT2D eigenvalue weighted by Gasteiger charge is 2.16. The Kier molecular flexibility index (Phi) is 8.48. The summed E-state index contributed by atoms with van der Waals surface area (Å²) in [5.41, 5.74) is 6.21. The second kappa shape index (κ2) is 11.1. The third-order valence-electron chi connectivity index (χ3n) is 4.07. The molecule has 7 nitrogen and oxygen atoms in total. The number of nitrogens with one attached hydrogen (secondary N) is 3. The van der Waals surface area contributed by atoms with Crippen LogP contribution in [0.1, 0.15) is 32.3 Å². The van der Waals surface area contributed by atoms with Crippen LogP contribution in [0.2, 0.25) is 5.02 Å². The lowest BCUT2D eigenvalue weighted by Crippen LogP contribution is -2.47. The van der Waals surface area contributed by atoms with E-state index in [1.54, 1.807) is 43.3 Å². The van der Waals surface area contributed by atoms with Gasteiger partial charge < -0.3 is 10.1 Å². The summed E-state index contributed by atoms with van der Waals surface area (Å²) in [5.74, 6) is -0.787. The molecule has 0 spiro atoms. The number of hydrazine groups is 1. The SMILES string of the molecule is CCc1ccc(O[C@@H](C)C(=O)NNC(=O)CCC(=O)Nc2ccccc2Cl)cc1. The fourth-order valence-corrected chi connectivity index (χ4v) is 2.54. The van der Waals surface area contributed by atoms with E-state index < -0.39 is 17.9 Å². The molecule has 0 unspecified atom stereocenters. The lowest BCUT2D eigenvalue weighted by Gasteiger charge is -2.15. The minimum atomic E-state index is -0.800. The van der Waals surface area contributed by atoms with Gasteiger partial charge in [0, 0.05) is 12.8 Å². The summed E-state index contributed by atoms with van der Waals surface area (Å²) in [6, 6.07) is 14.2. The fraction of sp³-hybridized carbons (Fsp3) is 0.286. The zero-order valence-corrected chi connectivity index (χ0v) is 17.1. The standard InChI is InChI=1S/C21H24ClN3O4/c1-3-15-8-10-16(11-9-15)29-14(2)21(28)25-24-20(27)13-12-19(26)23-18-7-5-4-6-17(18)22/h4-11,14H,3,12-13H2,1-2H3,(H,23,26)(H,24,27)(H,25,28)/t14-/m0/s1. The van der Waals surface area contributed by atoms with Gasteiger partial charge in [-0.3, -0.25) is 25.2 Å². The van der Waals surface area contributed by atoms with Gasteiger partial charge in [-0.25, -0.2) is 0 Å². The first-order valence-corrected chi connectivity index (χ1v) is 9.65. The first-order valence-electron chi connectivity index (χ1n) is 9.27. The van der Waals surface area contributed by atoms with Gasteiger partial charge in [0.05, 0.1) is 10.7 Å². The van der Waals surface area contributed by atoms with Crippen molar-refractivity contribution in [3.8, 4) is 5.75 Å². The van der Waals surface area contributed by atoms with Crippen LogP contribution in [-0.2, 0) is 20.8 Å². The molecule has 29 heavy (non-hydrogen) atoms. The van der Waals surface area contributed by atoms with Crippen LogP contribution in [0.3, 0.4) is 0 Å². The molecule has 0 radical (unpaired) electrons. The Morgan fingerprint density at radius 2 is 1.62 bits per heavy atom. The number of aryl methyl sites for hydroxylation is 1. The van der Waals surface area contributed by atoms with Gasteiger partial charge in [0.15, 0.2) is 6.10 Å². The van der Waals surface area contributed by atoms with Gasteiger partial charge in [0.25, 0.3) is 5.91 Å². The summed E-state index contributed by atoms with van der Waals surface area (Å²) in [4.78, 5) is 35.8. The quantitative estimate of drug-likeness (QED) is 0.574. The number of hydrogen-bond donors (Lipinski definition) is 3. The summed E-state index contributed by atoms with van der Waals surface area (Å²) in [6.07, 6.45) is -0.0301. The Hall–Kier alpha value is -3.06. The second-order valence-corrected chi connectivity index (χ2v) is 6.73. The molecule has 0 aliphatic heterocycles. The zero-order chi connectivity index (χ0) is 21.2. The largest absolute Gasteiger partial charge is 0.481 e. The number of rotatable bonds is 8. The Balaban J connectivity index is 1.70. The third-order valence-corrected chi connectivity index (χ3v) is 4.40. The molecular formula is C21H24ClN3O4. The molecule has 2 aromatic carbocycles. The maximum atomic E-state index is 12.0. The average molecular weight is 418 g/mol. The molecule has 0 saturated heterocycles. The number of hydrogen-bond acceptors (Lipinski definition) is 4.